The summed E-state index contributed by atoms with van der Waals surface area (Å²) in [6.45, 7) is 6.55. The molecule has 120 valence electrons. The molecular weight excluding hydrogens is 291 g/mol. The first-order valence-electron chi connectivity index (χ1n) is 8.50. The summed E-state index contributed by atoms with van der Waals surface area (Å²) >= 11 is 0. The molecule has 3 aromatic carbocycles. The number of rotatable bonds is 4. The minimum absolute atomic E-state index is 0.509. The van der Waals surface area contributed by atoms with E-state index in [2.05, 4.69) is 65.0 Å². The van der Waals surface area contributed by atoms with E-state index in [1.807, 2.05) is 30.3 Å². The van der Waals surface area contributed by atoms with E-state index in [1.54, 1.807) is 0 Å². The summed E-state index contributed by atoms with van der Waals surface area (Å²) in [7, 11) is 2.20. The number of benzene rings is 3. The molecule has 0 saturated carbocycles. The zero-order valence-corrected chi connectivity index (χ0v) is 14.8. The third kappa shape index (κ3) is 3.23. The van der Waals surface area contributed by atoms with Crippen LogP contribution in [0, 0.1) is 6.92 Å². The van der Waals surface area contributed by atoms with Crippen molar-refractivity contribution in [2.45, 2.75) is 26.7 Å². The molecule has 0 aliphatic heterocycles. The molecule has 0 unspecified atom stereocenters. The molecule has 2 heteroatoms. The molecule has 3 rings (SSSR count). The maximum absolute atomic E-state index is 6.25. The second-order valence-electron chi connectivity index (χ2n) is 6.54. The summed E-state index contributed by atoms with van der Waals surface area (Å²) in [6.07, 6.45) is 0. The Morgan fingerprint density at radius 3 is 2.08 bits per heavy atom. The number of hydrogen-bond acceptors (Lipinski definition) is 1. The highest BCUT2D eigenvalue weighted by Crippen LogP contribution is 2.34. The molecule has 0 bridgehead atoms. The van der Waals surface area contributed by atoms with Crippen LogP contribution in [0.1, 0.15) is 30.9 Å². The van der Waals surface area contributed by atoms with Crippen molar-refractivity contribution in [2.75, 3.05) is 0 Å². The van der Waals surface area contributed by atoms with E-state index >= 15 is 0 Å². The van der Waals surface area contributed by atoms with E-state index < -0.39 is 0 Å². The second kappa shape index (κ2) is 6.96. The van der Waals surface area contributed by atoms with Crippen molar-refractivity contribution in [3.63, 3.8) is 0 Å². The standard InChI is InChI=1S/C22H23BO/c1-15(2)17-11-8-12-19(22(17)23)18-10-5-7-14-21(18)24-20-13-6-4-9-16(20)3/h4-15H,23H2,1-3H3. The van der Waals surface area contributed by atoms with Crippen molar-refractivity contribution in [2.24, 2.45) is 0 Å². The van der Waals surface area contributed by atoms with Gasteiger partial charge in [-0.3, -0.25) is 0 Å². The number of aryl methyl sites for hydroxylation is 1. The van der Waals surface area contributed by atoms with Gasteiger partial charge in [-0.15, -0.1) is 0 Å². The van der Waals surface area contributed by atoms with Crippen LogP contribution in [0.4, 0.5) is 0 Å². The lowest BCUT2D eigenvalue weighted by molar-refractivity contribution is 0.481. The summed E-state index contributed by atoms with van der Waals surface area (Å²) in [5.74, 6) is 2.31. The molecule has 0 N–H and O–H groups in total. The molecule has 0 amide bonds. The monoisotopic (exact) mass is 314 g/mol. The minimum Gasteiger partial charge on any atom is -0.456 e. The normalized spacial score (nSPS) is 10.8. The van der Waals surface area contributed by atoms with Crippen molar-refractivity contribution < 1.29 is 4.74 Å². The molecule has 0 saturated heterocycles. The van der Waals surface area contributed by atoms with Crippen molar-refractivity contribution in [1.82, 2.24) is 0 Å². The third-order valence-electron chi connectivity index (χ3n) is 4.49. The van der Waals surface area contributed by atoms with E-state index in [1.165, 1.54) is 16.6 Å². The lowest BCUT2D eigenvalue weighted by Gasteiger charge is -2.17. The van der Waals surface area contributed by atoms with Crippen LogP contribution >= 0.6 is 0 Å². The topological polar surface area (TPSA) is 9.23 Å². The van der Waals surface area contributed by atoms with Crippen molar-refractivity contribution in [3.05, 3.63) is 77.9 Å². The summed E-state index contributed by atoms with van der Waals surface area (Å²) in [5, 5.41) is 0. The molecule has 3 aromatic rings. The van der Waals surface area contributed by atoms with Gasteiger partial charge in [0.05, 0.1) is 0 Å². The van der Waals surface area contributed by atoms with Gasteiger partial charge in [0.25, 0.3) is 0 Å². The first-order chi connectivity index (χ1) is 11.6. The average molecular weight is 314 g/mol. The summed E-state index contributed by atoms with van der Waals surface area (Å²) < 4.78 is 6.25. The Morgan fingerprint density at radius 2 is 1.38 bits per heavy atom. The molecule has 24 heavy (non-hydrogen) atoms. The zero-order chi connectivity index (χ0) is 17.1. The largest absolute Gasteiger partial charge is 0.456 e. The molecule has 0 radical (unpaired) electrons. The average Bonchev–Trinajstić information content (AvgIpc) is 2.57. The van der Waals surface area contributed by atoms with Crippen LogP contribution in [-0.4, -0.2) is 7.85 Å². The van der Waals surface area contributed by atoms with Crippen LogP contribution in [0.3, 0.4) is 0 Å². The third-order valence-corrected chi connectivity index (χ3v) is 4.49. The first-order valence-corrected chi connectivity index (χ1v) is 8.50. The second-order valence-corrected chi connectivity index (χ2v) is 6.54. The van der Waals surface area contributed by atoms with Crippen LogP contribution in [0.5, 0.6) is 11.5 Å². The lowest BCUT2D eigenvalue weighted by atomic mass is 9.79. The van der Waals surface area contributed by atoms with Gasteiger partial charge in [-0.1, -0.05) is 79.5 Å². The SMILES string of the molecule is Bc1c(-c2ccccc2Oc2ccccc2C)cccc1C(C)C. The maximum atomic E-state index is 6.25. The fourth-order valence-electron chi connectivity index (χ4n) is 3.14. The highest BCUT2D eigenvalue weighted by atomic mass is 16.5. The lowest BCUT2D eigenvalue weighted by Crippen LogP contribution is -2.15. The van der Waals surface area contributed by atoms with Gasteiger partial charge in [-0.05, 0) is 36.1 Å². The van der Waals surface area contributed by atoms with Gasteiger partial charge in [0.2, 0.25) is 0 Å². The smallest absolute Gasteiger partial charge is 0.140 e. The molecule has 0 spiro atoms. The highest BCUT2D eigenvalue weighted by Gasteiger charge is 2.13. The molecular formula is C22H23BO. The predicted molar refractivity (Wildman–Crippen MR) is 105 cm³/mol. The van der Waals surface area contributed by atoms with Gasteiger partial charge in [-0.2, -0.15) is 0 Å². The molecule has 0 aromatic heterocycles. The highest BCUT2D eigenvalue weighted by molar-refractivity contribution is 6.37. The van der Waals surface area contributed by atoms with Gasteiger partial charge in [0.1, 0.15) is 19.3 Å². The molecule has 0 aliphatic carbocycles. The van der Waals surface area contributed by atoms with Gasteiger partial charge < -0.3 is 4.74 Å². The van der Waals surface area contributed by atoms with E-state index in [0.717, 1.165) is 22.6 Å². The van der Waals surface area contributed by atoms with Crippen LogP contribution in [0.2, 0.25) is 0 Å². The zero-order valence-electron chi connectivity index (χ0n) is 14.8. The van der Waals surface area contributed by atoms with Crippen LogP contribution in [-0.2, 0) is 0 Å². The number of hydrogen-bond donors (Lipinski definition) is 0. The maximum Gasteiger partial charge on any atom is 0.140 e. The Kier molecular flexibility index (Phi) is 4.75. The van der Waals surface area contributed by atoms with Gasteiger partial charge in [-0.25, -0.2) is 0 Å². The quantitative estimate of drug-likeness (QED) is 0.626. The van der Waals surface area contributed by atoms with Gasteiger partial charge in [0.15, 0.2) is 0 Å². The Hall–Kier alpha value is -2.48. The number of ether oxygens (including phenoxy) is 1. The molecule has 0 atom stereocenters. The van der Waals surface area contributed by atoms with Gasteiger partial charge in [0, 0.05) is 5.56 Å². The Balaban J connectivity index is 2.08. The van der Waals surface area contributed by atoms with E-state index in [4.69, 9.17) is 4.74 Å². The fourth-order valence-corrected chi connectivity index (χ4v) is 3.14. The van der Waals surface area contributed by atoms with Crippen molar-refractivity contribution >= 4 is 13.3 Å². The van der Waals surface area contributed by atoms with Crippen molar-refractivity contribution in [3.8, 4) is 22.6 Å². The first kappa shape index (κ1) is 16.4. The van der Waals surface area contributed by atoms with Crippen LogP contribution in [0.15, 0.2) is 66.7 Å². The Bertz CT molecular complexity index is 852. The summed E-state index contributed by atoms with van der Waals surface area (Å²) in [4.78, 5) is 0. The fraction of sp³-hybridized carbons (Fsp3) is 0.182. The van der Waals surface area contributed by atoms with E-state index in [0.29, 0.717) is 5.92 Å². The number of para-hydroxylation sites is 2. The Morgan fingerprint density at radius 1 is 0.750 bits per heavy atom. The molecule has 0 fully saturated rings. The van der Waals surface area contributed by atoms with Gasteiger partial charge >= 0.3 is 0 Å². The van der Waals surface area contributed by atoms with Crippen LogP contribution in [0.25, 0.3) is 11.1 Å². The minimum atomic E-state index is 0.509. The molecule has 0 heterocycles. The predicted octanol–water partition coefficient (Wildman–Crippen LogP) is 4.84. The molecule has 0 aliphatic rings. The van der Waals surface area contributed by atoms with Crippen LogP contribution < -0.4 is 10.2 Å². The summed E-state index contributed by atoms with van der Waals surface area (Å²) in [5.41, 5.74) is 6.23. The van der Waals surface area contributed by atoms with Crippen molar-refractivity contribution in [1.29, 1.82) is 0 Å². The Labute approximate surface area is 145 Å². The molecule has 1 nitrogen and oxygen atoms in total. The summed E-state index contributed by atoms with van der Waals surface area (Å²) in [6, 6.07) is 23.0. The van der Waals surface area contributed by atoms with E-state index in [-0.39, 0.29) is 0 Å². The van der Waals surface area contributed by atoms with E-state index in [9.17, 15) is 0 Å².